The third-order valence-electron chi connectivity index (χ3n) is 3.58. The lowest BCUT2D eigenvalue weighted by atomic mass is 9.85. The predicted molar refractivity (Wildman–Crippen MR) is 67.0 cm³/mol. The monoisotopic (exact) mass is 251 g/mol. The van der Waals surface area contributed by atoms with Gasteiger partial charge in [-0.25, -0.2) is 4.39 Å². The van der Waals surface area contributed by atoms with Gasteiger partial charge in [0.15, 0.2) is 0 Å². The summed E-state index contributed by atoms with van der Waals surface area (Å²) in [5.74, 6) is -0.832. The number of phenols is 1. The quantitative estimate of drug-likeness (QED) is 0.894. The summed E-state index contributed by atoms with van der Waals surface area (Å²) in [6.45, 7) is 3.06. The molecule has 18 heavy (non-hydrogen) atoms. The number of phenolic OH excluding ortho intramolecular Hbond substituents is 1. The Morgan fingerprint density at radius 2 is 2.22 bits per heavy atom. The first kappa shape index (κ1) is 12.9. The van der Waals surface area contributed by atoms with Gasteiger partial charge in [0.25, 0.3) is 5.91 Å². The van der Waals surface area contributed by atoms with Gasteiger partial charge in [-0.3, -0.25) is 4.79 Å². The minimum Gasteiger partial charge on any atom is -0.507 e. The molecule has 0 heterocycles. The van der Waals surface area contributed by atoms with Crippen molar-refractivity contribution in [1.29, 1.82) is 0 Å². The second-order valence-electron chi connectivity index (χ2n) is 4.77. The van der Waals surface area contributed by atoms with E-state index in [0.29, 0.717) is 19.0 Å². The number of amides is 1. The van der Waals surface area contributed by atoms with Crippen LogP contribution < -0.4 is 0 Å². The molecule has 0 radical (unpaired) electrons. The van der Waals surface area contributed by atoms with Crippen LogP contribution in [0.3, 0.4) is 0 Å². The van der Waals surface area contributed by atoms with Gasteiger partial charge in [-0.2, -0.15) is 0 Å². The zero-order chi connectivity index (χ0) is 13.1. The van der Waals surface area contributed by atoms with Gasteiger partial charge in [0, 0.05) is 13.1 Å². The van der Waals surface area contributed by atoms with Crippen LogP contribution in [-0.4, -0.2) is 29.0 Å². The molecule has 1 fully saturated rings. The fourth-order valence-electron chi connectivity index (χ4n) is 2.23. The van der Waals surface area contributed by atoms with Gasteiger partial charge in [0.1, 0.15) is 17.1 Å². The molecule has 98 valence electrons. The van der Waals surface area contributed by atoms with E-state index in [-0.39, 0.29) is 11.3 Å². The summed E-state index contributed by atoms with van der Waals surface area (Å²) < 4.78 is 13.6. The molecule has 0 aromatic heterocycles. The smallest absolute Gasteiger partial charge is 0.260 e. The number of rotatable bonds is 4. The Kier molecular flexibility index (Phi) is 3.84. The summed E-state index contributed by atoms with van der Waals surface area (Å²) in [5.41, 5.74) is -0.210. The summed E-state index contributed by atoms with van der Waals surface area (Å²) >= 11 is 0. The molecule has 1 aromatic carbocycles. The van der Waals surface area contributed by atoms with Crippen LogP contribution in [0.1, 0.15) is 36.5 Å². The average Bonchev–Trinajstić information content (AvgIpc) is 2.27. The van der Waals surface area contributed by atoms with Crippen molar-refractivity contribution in [2.24, 2.45) is 5.92 Å². The zero-order valence-corrected chi connectivity index (χ0v) is 10.5. The average molecular weight is 251 g/mol. The van der Waals surface area contributed by atoms with Gasteiger partial charge in [-0.1, -0.05) is 12.5 Å². The van der Waals surface area contributed by atoms with E-state index in [2.05, 4.69) is 0 Å². The highest BCUT2D eigenvalue weighted by atomic mass is 19.1. The summed E-state index contributed by atoms with van der Waals surface area (Å²) in [7, 11) is 0. The zero-order valence-electron chi connectivity index (χ0n) is 10.5. The first-order valence-electron chi connectivity index (χ1n) is 6.40. The highest BCUT2D eigenvalue weighted by molar-refractivity contribution is 5.97. The Morgan fingerprint density at radius 1 is 1.50 bits per heavy atom. The highest BCUT2D eigenvalue weighted by Gasteiger charge is 2.26. The fraction of sp³-hybridized carbons (Fsp3) is 0.500. The van der Waals surface area contributed by atoms with Gasteiger partial charge < -0.3 is 10.0 Å². The largest absolute Gasteiger partial charge is 0.507 e. The van der Waals surface area contributed by atoms with Gasteiger partial charge >= 0.3 is 0 Å². The molecule has 0 unspecified atom stereocenters. The summed E-state index contributed by atoms with van der Waals surface area (Å²) in [4.78, 5) is 13.8. The molecule has 3 nitrogen and oxygen atoms in total. The minimum absolute atomic E-state index is 0.210. The van der Waals surface area contributed by atoms with Crippen LogP contribution in [-0.2, 0) is 0 Å². The Hall–Kier alpha value is -1.58. The number of aromatic hydroxyl groups is 1. The SMILES string of the molecule is CCN(CC1CCC1)C(=O)c1c(O)cccc1F. The van der Waals surface area contributed by atoms with E-state index in [4.69, 9.17) is 0 Å². The van der Waals surface area contributed by atoms with Gasteiger partial charge in [0.05, 0.1) is 0 Å². The van der Waals surface area contributed by atoms with Crippen LogP contribution in [0, 0.1) is 11.7 Å². The third kappa shape index (κ3) is 2.47. The van der Waals surface area contributed by atoms with Crippen LogP contribution in [0.25, 0.3) is 0 Å². The molecule has 1 N–H and O–H groups in total. The van der Waals surface area contributed by atoms with E-state index < -0.39 is 11.7 Å². The minimum atomic E-state index is -0.660. The standard InChI is InChI=1S/C14H18FNO2/c1-2-16(9-10-5-3-6-10)14(18)13-11(15)7-4-8-12(13)17/h4,7-8,10,17H,2-3,5-6,9H2,1H3. The van der Waals surface area contributed by atoms with E-state index >= 15 is 0 Å². The molecule has 1 aromatic rings. The second kappa shape index (κ2) is 5.38. The van der Waals surface area contributed by atoms with Crippen molar-refractivity contribution in [3.05, 3.63) is 29.6 Å². The van der Waals surface area contributed by atoms with E-state index in [9.17, 15) is 14.3 Å². The molecular weight excluding hydrogens is 233 g/mol. The van der Waals surface area contributed by atoms with Crippen LogP contribution >= 0.6 is 0 Å². The first-order valence-corrected chi connectivity index (χ1v) is 6.40. The maximum atomic E-state index is 13.6. The van der Waals surface area contributed by atoms with Crippen molar-refractivity contribution in [3.8, 4) is 5.75 Å². The first-order chi connectivity index (χ1) is 8.63. The normalized spacial score (nSPS) is 15.2. The number of benzene rings is 1. The Labute approximate surface area is 106 Å². The topological polar surface area (TPSA) is 40.5 Å². The Morgan fingerprint density at radius 3 is 2.72 bits per heavy atom. The molecule has 1 amide bonds. The van der Waals surface area contributed by atoms with E-state index in [0.717, 1.165) is 12.8 Å². The molecular formula is C14H18FNO2. The summed E-state index contributed by atoms with van der Waals surface area (Å²) in [5, 5.41) is 9.62. The van der Waals surface area contributed by atoms with Gasteiger partial charge in [0.2, 0.25) is 0 Å². The van der Waals surface area contributed by atoms with Gasteiger partial charge in [-0.15, -0.1) is 0 Å². The van der Waals surface area contributed by atoms with Crippen molar-refractivity contribution >= 4 is 5.91 Å². The maximum Gasteiger partial charge on any atom is 0.260 e. The fourth-order valence-corrected chi connectivity index (χ4v) is 2.23. The van der Waals surface area contributed by atoms with Crippen LogP contribution in [0.2, 0.25) is 0 Å². The van der Waals surface area contributed by atoms with Crippen molar-refractivity contribution < 1.29 is 14.3 Å². The van der Waals surface area contributed by atoms with Crippen molar-refractivity contribution in [2.45, 2.75) is 26.2 Å². The van der Waals surface area contributed by atoms with Crippen molar-refractivity contribution in [2.75, 3.05) is 13.1 Å². The molecule has 1 saturated carbocycles. The molecule has 2 rings (SSSR count). The Bertz CT molecular complexity index is 423. The lowest BCUT2D eigenvalue weighted by molar-refractivity contribution is 0.0698. The molecule has 4 heteroatoms. The lowest BCUT2D eigenvalue weighted by Crippen LogP contribution is -2.37. The molecule has 0 spiro atoms. The Balaban J connectivity index is 2.17. The molecule has 0 atom stereocenters. The lowest BCUT2D eigenvalue weighted by Gasteiger charge is -2.32. The van der Waals surface area contributed by atoms with Crippen molar-refractivity contribution in [1.82, 2.24) is 4.90 Å². The number of nitrogens with zero attached hydrogens (tertiary/aromatic N) is 1. The number of carbonyl (C=O) groups excluding carboxylic acids is 1. The molecule has 1 aliphatic carbocycles. The van der Waals surface area contributed by atoms with E-state index in [1.807, 2.05) is 6.92 Å². The molecule has 1 aliphatic rings. The molecule has 0 bridgehead atoms. The van der Waals surface area contributed by atoms with E-state index in [1.165, 1.54) is 24.6 Å². The number of hydrogen-bond acceptors (Lipinski definition) is 2. The number of halogens is 1. The molecule has 0 saturated heterocycles. The van der Waals surface area contributed by atoms with Crippen LogP contribution in [0.5, 0.6) is 5.75 Å². The van der Waals surface area contributed by atoms with Crippen LogP contribution in [0.4, 0.5) is 4.39 Å². The predicted octanol–water partition coefficient (Wildman–Crippen LogP) is 2.79. The summed E-state index contributed by atoms with van der Waals surface area (Å²) in [6, 6.07) is 3.93. The number of hydrogen-bond donors (Lipinski definition) is 1. The third-order valence-corrected chi connectivity index (χ3v) is 3.58. The second-order valence-corrected chi connectivity index (χ2v) is 4.77. The number of carbonyl (C=O) groups is 1. The van der Waals surface area contributed by atoms with Gasteiger partial charge in [-0.05, 0) is 37.8 Å². The highest BCUT2D eigenvalue weighted by Crippen LogP contribution is 2.28. The van der Waals surface area contributed by atoms with Crippen LogP contribution in [0.15, 0.2) is 18.2 Å². The van der Waals surface area contributed by atoms with E-state index in [1.54, 1.807) is 4.90 Å². The molecule has 0 aliphatic heterocycles. The maximum absolute atomic E-state index is 13.6. The summed E-state index contributed by atoms with van der Waals surface area (Å²) in [6.07, 6.45) is 3.47. The van der Waals surface area contributed by atoms with Crippen molar-refractivity contribution in [3.63, 3.8) is 0 Å².